The molecule has 2 heterocycles. The van der Waals surface area contributed by atoms with Gasteiger partial charge in [0.1, 0.15) is 0 Å². The zero-order valence-corrected chi connectivity index (χ0v) is 9.73. The van der Waals surface area contributed by atoms with Gasteiger partial charge in [0.25, 0.3) is 0 Å². The molecule has 1 aromatic carbocycles. The van der Waals surface area contributed by atoms with Gasteiger partial charge in [-0.3, -0.25) is 4.90 Å². The van der Waals surface area contributed by atoms with E-state index in [1.807, 2.05) is 24.5 Å². The van der Waals surface area contributed by atoms with Crippen LogP contribution in [0.3, 0.4) is 0 Å². The molecule has 0 aliphatic carbocycles. The summed E-state index contributed by atoms with van der Waals surface area (Å²) in [6, 6.07) is 8.22. The van der Waals surface area contributed by atoms with Gasteiger partial charge in [-0.15, -0.1) is 0 Å². The number of rotatable bonds is 2. The lowest BCUT2D eigenvalue weighted by molar-refractivity contribution is 0.245. The molecule has 0 saturated heterocycles. The predicted molar refractivity (Wildman–Crippen MR) is 67.4 cm³/mol. The number of furan rings is 1. The smallest absolute Gasteiger partial charge is 0.0947 e. The standard InChI is InChI=1S/C14H16N2O/c15-14-3-1-2-12-9-16(6-4-13(12)14)8-11-5-7-17-10-11/h1-3,5,7,10H,4,6,8-9,15H2. The Morgan fingerprint density at radius 1 is 1.29 bits per heavy atom. The first-order chi connectivity index (χ1) is 8.33. The van der Waals surface area contributed by atoms with E-state index in [1.165, 1.54) is 16.7 Å². The van der Waals surface area contributed by atoms with Crippen molar-refractivity contribution in [1.29, 1.82) is 0 Å². The lowest BCUT2D eigenvalue weighted by Gasteiger charge is -2.29. The third-order valence-electron chi connectivity index (χ3n) is 3.37. The van der Waals surface area contributed by atoms with Crippen LogP contribution in [-0.4, -0.2) is 11.4 Å². The molecular formula is C14H16N2O. The van der Waals surface area contributed by atoms with Crippen LogP contribution in [-0.2, 0) is 19.5 Å². The molecule has 2 aromatic rings. The lowest BCUT2D eigenvalue weighted by Crippen LogP contribution is -2.30. The predicted octanol–water partition coefficient (Wildman–Crippen LogP) is 2.42. The highest BCUT2D eigenvalue weighted by atomic mass is 16.3. The summed E-state index contributed by atoms with van der Waals surface area (Å²) in [5.41, 5.74) is 10.8. The van der Waals surface area contributed by atoms with E-state index in [0.717, 1.165) is 31.7 Å². The Morgan fingerprint density at radius 3 is 3.06 bits per heavy atom. The van der Waals surface area contributed by atoms with Gasteiger partial charge in [0.15, 0.2) is 0 Å². The number of hydrogen-bond donors (Lipinski definition) is 1. The van der Waals surface area contributed by atoms with Gasteiger partial charge >= 0.3 is 0 Å². The molecule has 3 heteroatoms. The van der Waals surface area contributed by atoms with Crippen LogP contribution in [0.2, 0.25) is 0 Å². The molecule has 0 saturated carbocycles. The molecule has 0 atom stereocenters. The highest BCUT2D eigenvalue weighted by molar-refractivity contribution is 5.51. The molecule has 0 spiro atoms. The second kappa shape index (κ2) is 4.26. The Morgan fingerprint density at radius 2 is 2.24 bits per heavy atom. The molecule has 1 aromatic heterocycles. The van der Waals surface area contributed by atoms with Gasteiger partial charge in [-0.05, 0) is 29.7 Å². The summed E-state index contributed by atoms with van der Waals surface area (Å²) in [6.07, 6.45) is 4.58. The van der Waals surface area contributed by atoms with Gasteiger partial charge in [-0.2, -0.15) is 0 Å². The second-order valence-corrected chi connectivity index (χ2v) is 4.58. The number of nitrogen functional groups attached to an aromatic ring is 1. The maximum absolute atomic E-state index is 5.99. The summed E-state index contributed by atoms with van der Waals surface area (Å²) in [4.78, 5) is 2.42. The van der Waals surface area contributed by atoms with E-state index in [9.17, 15) is 0 Å². The Bertz CT molecular complexity index is 505. The largest absolute Gasteiger partial charge is 0.472 e. The molecule has 3 nitrogen and oxygen atoms in total. The number of anilines is 1. The molecule has 0 fully saturated rings. The van der Waals surface area contributed by atoms with Crippen molar-refractivity contribution in [1.82, 2.24) is 4.90 Å². The molecule has 0 unspecified atom stereocenters. The van der Waals surface area contributed by atoms with E-state index < -0.39 is 0 Å². The van der Waals surface area contributed by atoms with Crippen molar-refractivity contribution in [3.8, 4) is 0 Å². The van der Waals surface area contributed by atoms with Crippen LogP contribution in [0.15, 0.2) is 41.2 Å². The molecule has 0 amide bonds. The quantitative estimate of drug-likeness (QED) is 0.803. The summed E-state index contributed by atoms with van der Waals surface area (Å²) >= 11 is 0. The molecule has 0 bridgehead atoms. The Kier molecular flexibility index (Phi) is 2.61. The fourth-order valence-electron chi connectivity index (χ4n) is 2.47. The minimum absolute atomic E-state index is 0.936. The van der Waals surface area contributed by atoms with Gasteiger partial charge in [0.2, 0.25) is 0 Å². The van der Waals surface area contributed by atoms with Crippen molar-refractivity contribution in [2.75, 3.05) is 12.3 Å². The first-order valence-electron chi connectivity index (χ1n) is 5.92. The number of nitrogens with two attached hydrogens (primary N) is 1. The molecule has 3 rings (SSSR count). The summed E-state index contributed by atoms with van der Waals surface area (Å²) in [6.45, 7) is 2.99. The van der Waals surface area contributed by atoms with E-state index in [1.54, 1.807) is 6.26 Å². The van der Waals surface area contributed by atoms with Crippen molar-refractivity contribution < 1.29 is 4.42 Å². The number of hydrogen-bond acceptors (Lipinski definition) is 3. The molecule has 2 N–H and O–H groups in total. The summed E-state index contributed by atoms with van der Waals surface area (Å²) in [7, 11) is 0. The lowest BCUT2D eigenvalue weighted by atomic mass is 9.98. The first kappa shape index (κ1) is 10.4. The average molecular weight is 228 g/mol. The van der Waals surface area contributed by atoms with Crippen LogP contribution in [0.5, 0.6) is 0 Å². The SMILES string of the molecule is Nc1cccc2c1CCN(Cc1ccoc1)C2. The average Bonchev–Trinajstić information content (AvgIpc) is 2.82. The van der Waals surface area contributed by atoms with Crippen LogP contribution < -0.4 is 5.73 Å². The van der Waals surface area contributed by atoms with Gasteiger partial charge < -0.3 is 10.2 Å². The topological polar surface area (TPSA) is 42.4 Å². The van der Waals surface area contributed by atoms with Crippen LogP contribution in [0.25, 0.3) is 0 Å². The maximum atomic E-state index is 5.99. The van der Waals surface area contributed by atoms with E-state index in [4.69, 9.17) is 10.2 Å². The zero-order valence-electron chi connectivity index (χ0n) is 9.73. The monoisotopic (exact) mass is 228 g/mol. The van der Waals surface area contributed by atoms with E-state index in [2.05, 4.69) is 11.0 Å². The fraction of sp³-hybridized carbons (Fsp3) is 0.286. The molecule has 0 radical (unpaired) electrons. The molecule has 1 aliphatic rings. The minimum Gasteiger partial charge on any atom is -0.472 e. The van der Waals surface area contributed by atoms with E-state index in [-0.39, 0.29) is 0 Å². The van der Waals surface area contributed by atoms with Gasteiger partial charge in [0, 0.05) is 30.9 Å². The molecule has 1 aliphatic heterocycles. The van der Waals surface area contributed by atoms with Crippen molar-refractivity contribution in [2.24, 2.45) is 0 Å². The highest BCUT2D eigenvalue weighted by Gasteiger charge is 2.17. The van der Waals surface area contributed by atoms with Crippen LogP contribution in [0, 0.1) is 0 Å². The minimum atomic E-state index is 0.936. The number of benzene rings is 1. The van der Waals surface area contributed by atoms with E-state index >= 15 is 0 Å². The molecule has 17 heavy (non-hydrogen) atoms. The third kappa shape index (κ3) is 2.06. The maximum Gasteiger partial charge on any atom is 0.0947 e. The summed E-state index contributed by atoms with van der Waals surface area (Å²) in [5, 5.41) is 0. The van der Waals surface area contributed by atoms with Gasteiger partial charge in [-0.1, -0.05) is 12.1 Å². The molecule has 88 valence electrons. The van der Waals surface area contributed by atoms with Crippen LogP contribution >= 0.6 is 0 Å². The van der Waals surface area contributed by atoms with Crippen molar-refractivity contribution >= 4 is 5.69 Å². The summed E-state index contributed by atoms with van der Waals surface area (Å²) in [5.74, 6) is 0. The van der Waals surface area contributed by atoms with Gasteiger partial charge in [-0.25, -0.2) is 0 Å². The third-order valence-corrected chi connectivity index (χ3v) is 3.37. The van der Waals surface area contributed by atoms with Crippen LogP contribution in [0.1, 0.15) is 16.7 Å². The number of nitrogens with zero attached hydrogens (tertiary/aromatic N) is 1. The molecular weight excluding hydrogens is 212 g/mol. The fourth-order valence-corrected chi connectivity index (χ4v) is 2.47. The summed E-state index contributed by atoms with van der Waals surface area (Å²) < 4.78 is 5.10. The van der Waals surface area contributed by atoms with Crippen molar-refractivity contribution in [2.45, 2.75) is 19.5 Å². The highest BCUT2D eigenvalue weighted by Crippen LogP contribution is 2.24. The van der Waals surface area contributed by atoms with Crippen molar-refractivity contribution in [3.63, 3.8) is 0 Å². The second-order valence-electron chi connectivity index (χ2n) is 4.58. The normalized spacial score (nSPS) is 15.8. The Hall–Kier alpha value is -1.74. The van der Waals surface area contributed by atoms with Gasteiger partial charge in [0.05, 0.1) is 12.5 Å². The Labute approximate surface area is 101 Å². The van der Waals surface area contributed by atoms with Crippen LogP contribution in [0.4, 0.5) is 5.69 Å². The first-order valence-corrected chi connectivity index (χ1v) is 5.92. The van der Waals surface area contributed by atoms with Crippen molar-refractivity contribution in [3.05, 3.63) is 53.5 Å². The Balaban J connectivity index is 1.77. The van der Waals surface area contributed by atoms with E-state index in [0.29, 0.717) is 0 Å². The number of fused-ring (bicyclic) bond motifs is 1. The zero-order chi connectivity index (χ0) is 11.7.